The van der Waals surface area contributed by atoms with E-state index in [1.165, 1.54) is 0 Å². The number of rotatable bonds is 5. The fourth-order valence-corrected chi connectivity index (χ4v) is 1.21. The van der Waals surface area contributed by atoms with Crippen LogP contribution in [-0.2, 0) is 0 Å². The molecule has 1 aromatic rings. The Morgan fingerprint density at radius 3 is 2.50 bits per heavy atom. The average molecular weight is 194 g/mol. The van der Waals surface area contributed by atoms with Crippen LogP contribution in [-0.4, -0.2) is 18.2 Å². The number of aliphatic hydroxyl groups is 1. The molecular weight excluding hydrogens is 176 g/mol. The summed E-state index contributed by atoms with van der Waals surface area (Å²) < 4.78 is 0. The van der Waals surface area contributed by atoms with E-state index >= 15 is 0 Å². The molecule has 0 amide bonds. The van der Waals surface area contributed by atoms with E-state index in [0.29, 0.717) is 6.54 Å². The van der Waals surface area contributed by atoms with Crippen LogP contribution in [0.1, 0.15) is 25.0 Å². The minimum atomic E-state index is -0.395. The van der Waals surface area contributed by atoms with Crippen LogP contribution in [0.25, 0.3) is 0 Å². The summed E-state index contributed by atoms with van der Waals surface area (Å²) in [5, 5.41) is 12.5. The average Bonchev–Trinajstić information content (AvgIpc) is 2.19. The molecule has 0 heterocycles. The Morgan fingerprint density at radius 2 is 2.00 bits per heavy atom. The number of benzene rings is 1. The predicted molar refractivity (Wildman–Crippen MR) is 59.2 cm³/mol. The Hall–Kier alpha value is -1.06. The number of aliphatic hydroxyl groups excluding tert-OH is 1. The largest absolute Gasteiger partial charge is 0.389 e. The summed E-state index contributed by atoms with van der Waals surface area (Å²) >= 11 is 0. The van der Waals surface area contributed by atoms with Crippen LogP contribution < -0.4 is 11.1 Å². The van der Waals surface area contributed by atoms with Crippen molar-refractivity contribution in [3.8, 4) is 0 Å². The highest BCUT2D eigenvalue weighted by Crippen LogP contribution is 2.15. The van der Waals surface area contributed by atoms with Gasteiger partial charge in [0.1, 0.15) is 0 Å². The van der Waals surface area contributed by atoms with E-state index in [4.69, 9.17) is 5.73 Å². The normalized spacial score (nSPS) is 12.5. The van der Waals surface area contributed by atoms with E-state index in [2.05, 4.69) is 5.32 Å². The third-order valence-corrected chi connectivity index (χ3v) is 2.10. The molecular formula is C11H18N2O. The maximum absolute atomic E-state index is 9.29. The zero-order chi connectivity index (χ0) is 10.4. The highest BCUT2D eigenvalue weighted by molar-refractivity contribution is 5.44. The lowest BCUT2D eigenvalue weighted by molar-refractivity contribution is 0.199. The predicted octanol–water partition coefficient (Wildman–Crippen LogP) is 1.50. The first kappa shape index (κ1) is 11.0. The Labute approximate surface area is 84.9 Å². The summed E-state index contributed by atoms with van der Waals surface area (Å²) in [4.78, 5) is 0. The molecule has 1 rings (SSSR count). The highest BCUT2D eigenvalue weighted by Gasteiger charge is 1.99. The van der Waals surface area contributed by atoms with Gasteiger partial charge in [0.05, 0.1) is 6.10 Å². The first-order valence-corrected chi connectivity index (χ1v) is 4.96. The molecule has 3 heteroatoms. The van der Waals surface area contributed by atoms with Crippen LogP contribution in [0.5, 0.6) is 0 Å². The van der Waals surface area contributed by atoms with Crippen LogP contribution in [0.15, 0.2) is 24.3 Å². The molecule has 3 nitrogen and oxygen atoms in total. The van der Waals surface area contributed by atoms with Gasteiger partial charge in [-0.3, -0.25) is 0 Å². The van der Waals surface area contributed by atoms with Gasteiger partial charge in [0, 0.05) is 12.2 Å². The van der Waals surface area contributed by atoms with Crippen molar-refractivity contribution in [1.29, 1.82) is 0 Å². The number of nitrogens with two attached hydrogens (primary N) is 1. The SMILES string of the molecule is CC(O)c1ccc(NCCCN)cc1. The molecule has 1 atom stereocenters. The molecule has 78 valence electrons. The first-order valence-electron chi connectivity index (χ1n) is 4.96. The fraction of sp³-hybridized carbons (Fsp3) is 0.455. The van der Waals surface area contributed by atoms with Crippen molar-refractivity contribution < 1.29 is 5.11 Å². The van der Waals surface area contributed by atoms with E-state index in [9.17, 15) is 5.11 Å². The second-order valence-corrected chi connectivity index (χ2v) is 3.37. The zero-order valence-electron chi connectivity index (χ0n) is 8.53. The molecule has 0 aliphatic rings. The van der Waals surface area contributed by atoms with E-state index in [1.807, 2.05) is 24.3 Å². The summed E-state index contributed by atoms with van der Waals surface area (Å²) in [6, 6.07) is 7.79. The summed E-state index contributed by atoms with van der Waals surface area (Å²) in [6.45, 7) is 3.36. The Bertz CT molecular complexity index is 256. The van der Waals surface area contributed by atoms with Crippen molar-refractivity contribution in [2.45, 2.75) is 19.4 Å². The lowest BCUT2D eigenvalue weighted by Gasteiger charge is -2.08. The standard InChI is InChI=1S/C11H18N2O/c1-9(14)10-3-5-11(6-4-10)13-8-2-7-12/h3-6,9,13-14H,2,7-8,12H2,1H3. The van der Waals surface area contributed by atoms with Crippen LogP contribution in [0.4, 0.5) is 5.69 Å². The van der Waals surface area contributed by atoms with Gasteiger partial charge in [-0.15, -0.1) is 0 Å². The van der Waals surface area contributed by atoms with E-state index in [0.717, 1.165) is 24.2 Å². The van der Waals surface area contributed by atoms with Crippen molar-refractivity contribution in [2.24, 2.45) is 5.73 Å². The first-order chi connectivity index (χ1) is 6.74. The third kappa shape index (κ3) is 3.36. The molecule has 0 saturated heterocycles. The maximum atomic E-state index is 9.29. The van der Waals surface area contributed by atoms with E-state index in [1.54, 1.807) is 6.92 Å². The quantitative estimate of drug-likeness (QED) is 0.623. The lowest BCUT2D eigenvalue weighted by atomic mass is 10.1. The zero-order valence-corrected chi connectivity index (χ0v) is 8.53. The Morgan fingerprint density at radius 1 is 1.36 bits per heavy atom. The van der Waals surface area contributed by atoms with Crippen molar-refractivity contribution in [1.82, 2.24) is 0 Å². The number of hydrogen-bond donors (Lipinski definition) is 3. The van der Waals surface area contributed by atoms with Gasteiger partial charge < -0.3 is 16.2 Å². The van der Waals surface area contributed by atoms with Crippen molar-refractivity contribution in [3.05, 3.63) is 29.8 Å². The van der Waals surface area contributed by atoms with Crippen molar-refractivity contribution >= 4 is 5.69 Å². The minimum absolute atomic E-state index is 0.395. The molecule has 0 aliphatic carbocycles. The second-order valence-electron chi connectivity index (χ2n) is 3.37. The molecule has 0 fully saturated rings. The monoisotopic (exact) mass is 194 g/mol. The Kier molecular flexibility index (Phi) is 4.43. The van der Waals surface area contributed by atoms with Gasteiger partial charge in [-0.2, -0.15) is 0 Å². The minimum Gasteiger partial charge on any atom is -0.389 e. The fourth-order valence-electron chi connectivity index (χ4n) is 1.21. The van der Waals surface area contributed by atoms with Crippen molar-refractivity contribution in [3.63, 3.8) is 0 Å². The van der Waals surface area contributed by atoms with Gasteiger partial charge in [0.25, 0.3) is 0 Å². The molecule has 0 aromatic heterocycles. The highest BCUT2D eigenvalue weighted by atomic mass is 16.3. The summed E-state index contributed by atoms with van der Waals surface area (Å²) in [6.07, 6.45) is 0.575. The van der Waals surface area contributed by atoms with E-state index < -0.39 is 6.10 Å². The van der Waals surface area contributed by atoms with E-state index in [-0.39, 0.29) is 0 Å². The third-order valence-electron chi connectivity index (χ3n) is 2.10. The molecule has 0 saturated carbocycles. The van der Waals surface area contributed by atoms with Gasteiger partial charge in [-0.1, -0.05) is 12.1 Å². The summed E-state index contributed by atoms with van der Waals surface area (Å²) in [5.74, 6) is 0. The number of anilines is 1. The molecule has 0 spiro atoms. The van der Waals surface area contributed by atoms with Gasteiger partial charge in [0.15, 0.2) is 0 Å². The van der Waals surface area contributed by atoms with Gasteiger partial charge in [0.2, 0.25) is 0 Å². The van der Waals surface area contributed by atoms with Gasteiger partial charge in [-0.05, 0) is 37.6 Å². The molecule has 0 aliphatic heterocycles. The lowest BCUT2D eigenvalue weighted by Crippen LogP contribution is -2.08. The summed E-state index contributed by atoms with van der Waals surface area (Å²) in [5.41, 5.74) is 7.39. The van der Waals surface area contributed by atoms with Gasteiger partial charge >= 0.3 is 0 Å². The molecule has 14 heavy (non-hydrogen) atoms. The number of nitrogens with one attached hydrogen (secondary N) is 1. The number of hydrogen-bond acceptors (Lipinski definition) is 3. The summed E-state index contributed by atoms with van der Waals surface area (Å²) in [7, 11) is 0. The smallest absolute Gasteiger partial charge is 0.0761 e. The molecule has 1 unspecified atom stereocenters. The van der Waals surface area contributed by atoms with Crippen LogP contribution in [0, 0.1) is 0 Å². The van der Waals surface area contributed by atoms with Gasteiger partial charge in [-0.25, -0.2) is 0 Å². The topological polar surface area (TPSA) is 58.3 Å². The molecule has 4 N–H and O–H groups in total. The molecule has 0 bridgehead atoms. The maximum Gasteiger partial charge on any atom is 0.0761 e. The van der Waals surface area contributed by atoms with Crippen molar-refractivity contribution in [2.75, 3.05) is 18.4 Å². The molecule has 1 aromatic carbocycles. The van der Waals surface area contributed by atoms with Crippen LogP contribution >= 0.6 is 0 Å². The second kappa shape index (κ2) is 5.62. The van der Waals surface area contributed by atoms with Crippen LogP contribution in [0.3, 0.4) is 0 Å². The Balaban J connectivity index is 2.47. The van der Waals surface area contributed by atoms with Crippen LogP contribution in [0.2, 0.25) is 0 Å². The molecule has 0 radical (unpaired) electrons.